The van der Waals surface area contributed by atoms with Gasteiger partial charge in [0.1, 0.15) is 0 Å². The molecule has 166 valence electrons. The van der Waals surface area contributed by atoms with Gasteiger partial charge in [-0.2, -0.15) is 4.31 Å². The molecular weight excluding hydrogens is 461 g/mol. The number of nitrogens with zero attached hydrogens (tertiary/aromatic N) is 1. The molecule has 7 nitrogen and oxygen atoms in total. The number of aryl methyl sites for hydroxylation is 1. The van der Waals surface area contributed by atoms with Crippen LogP contribution in [0.3, 0.4) is 0 Å². The van der Waals surface area contributed by atoms with Crippen LogP contribution in [-0.4, -0.2) is 37.6 Å². The van der Waals surface area contributed by atoms with Gasteiger partial charge in [0.2, 0.25) is 15.9 Å². The lowest BCUT2D eigenvalue weighted by atomic mass is 10.1. The number of hydrogen-bond acceptors (Lipinski definition) is 4. The summed E-state index contributed by atoms with van der Waals surface area (Å²) in [7, 11) is -3.62. The first-order chi connectivity index (χ1) is 14.8. The second kappa shape index (κ2) is 10.5. The molecule has 0 bridgehead atoms. The maximum absolute atomic E-state index is 12.7. The molecule has 2 aromatic rings. The Morgan fingerprint density at radius 3 is 2.42 bits per heavy atom. The van der Waals surface area contributed by atoms with E-state index >= 15 is 0 Å². The molecule has 2 aromatic carbocycles. The number of halogens is 2. The first kappa shape index (κ1) is 23.5. The Balaban J connectivity index is 1.50. The van der Waals surface area contributed by atoms with E-state index in [1.54, 1.807) is 12.1 Å². The molecule has 0 spiro atoms. The average Bonchev–Trinajstić information content (AvgIpc) is 3.30. The lowest BCUT2D eigenvalue weighted by Gasteiger charge is -2.16. The second-order valence-corrected chi connectivity index (χ2v) is 10.00. The third-order valence-electron chi connectivity index (χ3n) is 4.97. The average molecular weight is 484 g/mol. The Morgan fingerprint density at radius 1 is 0.968 bits per heavy atom. The molecule has 0 aliphatic carbocycles. The number of hydrazine groups is 1. The molecule has 2 amide bonds. The molecule has 0 atom stereocenters. The van der Waals surface area contributed by atoms with E-state index in [0.29, 0.717) is 36.0 Å². The summed E-state index contributed by atoms with van der Waals surface area (Å²) >= 11 is 11.9. The summed E-state index contributed by atoms with van der Waals surface area (Å²) < 4.78 is 26.7. The number of rotatable bonds is 7. The topological polar surface area (TPSA) is 95.6 Å². The van der Waals surface area contributed by atoms with Crippen molar-refractivity contribution in [3.05, 3.63) is 63.6 Å². The van der Waals surface area contributed by atoms with Crippen LogP contribution in [0.5, 0.6) is 0 Å². The highest BCUT2D eigenvalue weighted by molar-refractivity contribution is 7.89. The van der Waals surface area contributed by atoms with E-state index in [0.717, 1.165) is 18.4 Å². The highest BCUT2D eigenvalue weighted by Gasteiger charge is 2.27. The van der Waals surface area contributed by atoms with Crippen molar-refractivity contribution in [2.24, 2.45) is 0 Å². The molecule has 1 saturated heterocycles. The normalized spacial score (nSPS) is 14.4. The smallest absolute Gasteiger partial charge is 0.269 e. The van der Waals surface area contributed by atoms with Crippen molar-refractivity contribution < 1.29 is 18.0 Å². The van der Waals surface area contributed by atoms with Crippen LogP contribution in [0, 0.1) is 0 Å². The minimum absolute atomic E-state index is 0.0648. The molecule has 1 heterocycles. The molecule has 0 saturated carbocycles. The molecule has 0 unspecified atom stereocenters. The largest absolute Gasteiger partial charge is 0.273 e. The van der Waals surface area contributed by atoms with Crippen molar-refractivity contribution in [3.63, 3.8) is 0 Å². The van der Waals surface area contributed by atoms with Crippen LogP contribution < -0.4 is 10.9 Å². The molecule has 0 radical (unpaired) electrons. The molecule has 31 heavy (non-hydrogen) atoms. The maximum atomic E-state index is 12.7. The minimum Gasteiger partial charge on any atom is -0.273 e. The van der Waals surface area contributed by atoms with Gasteiger partial charge in [0.05, 0.1) is 14.9 Å². The fraction of sp³-hybridized carbons (Fsp3) is 0.333. The highest BCUT2D eigenvalue weighted by atomic mass is 35.5. The summed E-state index contributed by atoms with van der Waals surface area (Å²) in [6.07, 6.45) is 3.05. The van der Waals surface area contributed by atoms with Gasteiger partial charge in [-0.3, -0.25) is 20.4 Å². The SMILES string of the molecule is O=C(CCCc1ccc(Cl)c(Cl)c1)NNC(=O)c1cccc(S(=O)(=O)N2CCCC2)c1. The summed E-state index contributed by atoms with van der Waals surface area (Å²) in [6.45, 7) is 0.966. The number of sulfonamides is 1. The van der Waals surface area contributed by atoms with Crippen molar-refractivity contribution >= 4 is 45.0 Å². The number of hydrogen-bond donors (Lipinski definition) is 2. The predicted octanol–water partition coefficient (Wildman–Crippen LogP) is 3.56. The van der Waals surface area contributed by atoms with Crippen molar-refractivity contribution in [1.29, 1.82) is 0 Å². The number of carbonyl (C=O) groups is 2. The van der Waals surface area contributed by atoms with E-state index in [4.69, 9.17) is 23.2 Å². The zero-order valence-electron chi connectivity index (χ0n) is 16.7. The summed E-state index contributed by atoms with van der Waals surface area (Å²) in [5.74, 6) is -0.939. The Hall–Kier alpha value is -2.13. The molecule has 1 fully saturated rings. The number of carbonyl (C=O) groups excluding carboxylic acids is 2. The van der Waals surface area contributed by atoms with E-state index in [-0.39, 0.29) is 22.8 Å². The highest BCUT2D eigenvalue weighted by Crippen LogP contribution is 2.23. The second-order valence-electron chi connectivity index (χ2n) is 7.24. The molecule has 0 aromatic heterocycles. The van der Waals surface area contributed by atoms with Gasteiger partial charge < -0.3 is 0 Å². The van der Waals surface area contributed by atoms with Gasteiger partial charge in [-0.25, -0.2) is 8.42 Å². The molecule has 1 aliphatic heterocycles. The molecular formula is C21H23Cl2N3O4S. The Bertz CT molecular complexity index is 1070. The fourth-order valence-electron chi connectivity index (χ4n) is 3.28. The third-order valence-corrected chi connectivity index (χ3v) is 7.60. The van der Waals surface area contributed by atoms with Crippen LogP contribution >= 0.6 is 23.2 Å². The van der Waals surface area contributed by atoms with Gasteiger partial charge in [-0.1, -0.05) is 35.3 Å². The van der Waals surface area contributed by atoms with Crippen LogP contribution in [-0.2, 0) is 21.2 Å². The predicted molar refractivity (Wildman–Crippen MR) is 119 cm³/mol. The number of benzene rings is 2. The van der Waals surface area contributed by atoms with E-state index in [2.05, 4.69) is 10.9 Å². The lowest BCUT2D eigenvalue weighted by Crippen LogP contribution is -2.41. The van der Waals surface area contributed by atoms with Crippen molar-refractivity contribution in [3.8, 4) is 0 Å². The number of amides is 2. The molecule has 10 heteroatoms. The van der Waals surface area contributed by atoms with Crippen LogP contribution in [0.1, 0.15) is 41.6 Å². The van der Waals surface area contributed by atoms with Gasteiger partial charge in [0.25, 0.3) is 5.91 Å². The molecule has 2 N–H and O–H groups in total. The van der Waals surface area contributed by atoms with Gasteiger partial charge in [-0.05, 0) is 61.6 Å². The van der Waals surface area contributed by atoms with E-state index in [9.17, 15) is 18.0 Å². The van der Waals surface area contributed by atoms with Crippen LogP contribution in [0.15, 0.2) is 47.4 Å². The van der Waals surface area contributed by atoms with Crippen LogP contribution in [0.25, 0.3) is 0 Å². The van der Waals surface area contributed by atoms with Crippen molar-refractivity contribution in [2.75, 3.05) is 13.1 Å². The Kier molecular flexibility index (Phi) is 7.94. The fourth-order valence-corrected chi connectivity index (χ4v) is 5.17. The minimum atomic E-state index is -3.62. The van der Waals surface area contributed by atoms with Crippen molar-refractivity contribution in [1.82, 2.24) is 15.2 Å². The van der Waals surface area contributed by atoms with E-state index in [1.165, 1.54) is 28.6 Å². The zero-order chi connectivity index (χ0) is 22.4. The van der Waals surface area contributed by atoms with E-state index in [1.807, 2.05) is 6.07 Å². The lowest BCUT2D eigenvalue weighted by molar-refractivity contribution is -0.121. The standard InChI is InChI=1S/C21H23Cl2N3O4S/c22-18-10-9-15(13-19(18)23)5-3-8-20(27)24-25-21(28)16-6-4-7-17(14-16)31(29,30)26-11-1-2-12-26/h4,6-7,9-10,13-14H,1-3,5,8,11-12H2,(H,24,27)(H,25,28). The third kappa shape index (κ3) is 6.20. The van der Waals surface area contributed by atoms with Gasteiger partial charge >= 0.3 is 0 Å². The molecule has 3 rings (SSSR count). The Labute approximate surface area is 191 Å². The zero-order valence-corrected chi connectivity index (χ0v) is 19.1. The van der Waals surface area contributed by atoms with Crippen molar-refractivity contribution in [2.45, 2.75) is 37.0 Å². The summed E-state index contributed by atoms with van der Waals surface area (Å²) in [4.78, 5) is 24.4. The van der Waals surface area contributed by atoms with Crippen LogP contribution in [0.2, 0.25) is 10.0 Å². The van der Waals surface area contributed by atoms with E-state index < -0.39 is 15.9 Å². The first-order valence-corrected chi connectivity index (χ1v) is 12.1. The Morgan fingerprint density at radius 2 is 1.71 bits per heavy atom. The summed E-state index contributed by atoms with van der Waals surface area (Å²) in [5.41, 5.74) is 5.79. The molecule has 1 aliphatic rings. The first-order valence-electron chi connectivity index (χ1n) is 9.91. The number of nitrogens with one attached hydrogen (secondary N) is 2. The van der Waals surface area contributed by atoms with Gasteiger partial charge in [-0.15, -0.1) is 0 Å². The van der Waals surface area contributed by atoms with Crippen LogP contribution in [0.4, 0.5) is 0 Å². The quantitative estimate of drug-likeness (QED) is 0.588. The van der Waals surface area contributed by atoms with Gasteiger partial charge in [0.15, 0.2) is 0 Å². The van der Waals surface area contributed by atoms with Gasteiger partial charge in [0, 0.05) is 25.1 Å². The maximum Gasteiger partial charge on any atom is 0.269 e. The summed E-state index contributed by atoms with van der Waals surface area (Å²) in [5, 5.41) is 0.938. The monoisotopic (exact) mass is 483 g/mol. The summed E-state index contributed by atoms with van der Waals surface area (Å²) in [6, 6.07) is 11.1.